The van der Waals surface area contributed by atoms with Crippen molar-refractivity contribution in [3.8, 4) is 0 Å². The molecule has 0 aliphatic carbocycles. The number of hydrogen-bond donors (Lipinski definition) is 0. The molecule has 1 atom stereocenters. The van der Waals surface area contributed by atoms with Crippen LogP contribution >= 0.6 is 0 Å². The summed E-state index contributed by atoms with van der Waals surface area (Å²) < 4.78 is 1.90. The Hall–Kier alpha value is -1.91. The molecule has 5 heteroatoms. The van der Waals surface area contributed by atoms with Crippen molar-refractivity contribution in [2.24, 2.45) is 0 Å². The minimum atomic E-state index is 0.0852. The normalized spacial score (nSPS) is 12.8. The fraction of sp³-hybridized carbons (Fsp3) is 0.632. The highest BCUT2D eigenvalue weighted by atomic mass is 16.2. The van der Waals surface area contributed by atoms with E-state index in [4.69, 9.17) is 0 Å². The predicted molar refractivity (Wildman–Crippen MR) is 98.3 cm³/mol. The number of aromatic nitrogens is 3. The topological polar surface area (TPSA) is 51.0 Å². The van der Waals surface area contributed by atoms with Crippen LogP contribution < -0.4 is 0 Å². The zero-order valence-corrected chi connectivity index (χ0v) is 15.8. The van der Waals surface area contributed by atoms with Crippen LogP contribution in [-0.2, 0) is 0 Å². The van der Waals surface area contributed by atoms with E-state index in [2.05, 4.69) is 44.7 Å². The average Bonchev–Trinajstić information content (AvgIpc) is 2.96. The van der Waals surface area contributed by atoms with Crippen LogP contribution in [0.25, 0.3) is 11.0 Å². The van der Waals surface area contributed by atoms with Crippen molar-refractivity contribution < 1.29 is 4.79 Å². The standard InChI is InChI=1S/C19H30N4O/c1-7-9-10-22(14(5)8-2)19(24)17-11-16-12-20-23(13(3)4)18(16)21-15(17)6/h11-14H,7-10H2,1-6H3. The molecule has 1 amide bonds. The van der Waals surface area contributed by atoms with Gasteiger partial charge in [0, 0.05) is 24.0 Å². The number of aryl methyl sites for hydroxylation is 1. The minimum absolute atomic E-state index is 0.0852. The minimum Gasteiger partial charge on any atom is -0.336 e. The molecule has 2 heterocycles. The number of unbranched alkanes of at least 4 members (excludes halogenated alkanes) is 1. The molecule has 0 aliphatic heterocycles. The number of nitrogens with zero attached hydrogens (tertiary/aromatic N) is 4. The first kappa shape index (κ1) is 18.4. The summed E-state index contributed by atoms with van der Waals surface area (Å²) >= 11 is 0. The van der Waals surface area contributed by atoms with Crippen LogP contribution in [0.2, 0.25) is 0 Å². The van der Waals surface area contributed by atoms with Crippen LogP contribution in [0.15, 0.2) is 12.3 Å². The Kier molecular flexibility index (Phi) is 5.97. The summed E-state index contributed by atoms with van der Waals surface area (Å²) in [5.74, 6) is 0.0852. The maximum Gasteiger partial charge on any atom is 0.255 e. The van der Waals surface area contributed by atoms with Crippen LogP contribution in [0.3, 0.4) is 0 Å². The Morgan fingerprint density at radius 1 is 1.29 bits per heavy atom. The second kappa shape index (κ2) is 7.77. The molecule has 0 bridgehead atoms. The highest BCUT2D eigenvalue weighted by molar-refractivity contribution is 5.98. The third-order valence-corrected chi connectivity index (χ3v) is 4.62. The smallest absolute Gasteiger partial charge is 0.255 e. The lowest BCUT2D eigenvalue weighted by Crippen LogP contribution is -2.39. The van der Waals surface area contributed by atoms with E-state index in [0.717, 1.165) is 42.5 Å². The molecule has 0 saturated carbocycles. The monoisotopic (exact) mass is 330 g/mol. The van der Waals surface area contributed by atoms with Gasteiger partial charge in [-0.2, -0.15) is 5.10 Å². The third kappa shape index (κ3) is 3.60. The molecule has 0 radical (unpaired) electrons. The van der Waals surface area contributed by atoms with E-state index >= 15 is 0 Å². The lowest BCUT2D eigenvalue weighted by atomic mass is 10.1. The van der Waals surface area contributed by atoms with Gasteiger partial charge in [-0.1, -0.05) is 20.3 Å². The molecule has 0 saturated heterocycles. The number of hydrogen-bond acceptors (Lipinski definition) is 3. The van der Waals surface area contributed by atoms with Gasteiger partial charge in [0.2, 0.25) is 0 Å². The van der Waals surface area contributed by atoms with E-state index in [-0.39, 0.29) is 18.0 Å². The van der Waals surface area contributed by atoms with Crippen molar-refractivity contribution >= 4 is 16.9 Å². The summed E-state index contributed by atoms with van der Waals surface area (Å²) in [6.45, 7) is 13.3. The maximum absolute atomic E-state index is 13.1. The second-order valence-corrected chi connectivity index (χ2v) is 6.83. The second-order valence-electron chi connectivity index (χ2n) is 6.83. The van der Waals surface area contributed by atoms with Crippen LogP contribution in [0.5, 0.6) is 0 Å². The molecular formula is C19H30N4O. The van der Waals surface area contributed by atoms with Gasteiger partial charge in [-0.25, -0.2) is 9.67 Å². The van der Waals surface area contributed by atoms with E-state index in [0.29, 0.717) is 5.56 Å². The summed E-state index contributed by atoms with van der Waals surface area (Å²) in [7, 11) is 0. The van der Waals surface area contributed by atoms with Gasteiger partial charge in [-0.3, -0.25) is 4.79 Å². The fourth-order valence-corrected chi connectivity index (χ4v) is 2.89. The summed E-state index contributed by atoms with van der Waals surface area (Å²) in [5.41, 5.74) is 2.32. The van der Waals surface area contributed by atoms with Gasteiger partial charge in [0.1, 0.15) is 0 Å². The molecule has 2 aromatic heterocycles. The molecule has 0 spiro atoms. The first-order valence-electron chi connectivity index (χ1n) is 9.06. The zero-order valence-electron chi connectivity index (χ0n) is 15.8. The van der Waals surface area contributed by atoms with Gasteiger partial charge in [0.25, 0.3) is 5.91 Å². The van der Waals surface area contributed by atoms with Gasteiger partial charge in [-0.05, 0) is 46.6 Å². The predicted octanol–water partition coefficient (Wildman–Crippen LogP) is 4.36. The van der Waals surface area contributed by atoms with Crippen molar-refractivity contribution in [2.75, 3.05) is 6.54 Å². The number of carbonyl (C=O) groups excluding carboxylic acids is 1. The lowest BCUT2D eigenvalue weighted by Gasteiger charge is -2.29. The Bertz CT molecular complexity index is 705. The van der Waals surface area contributed by atoms with E-state index in [1.165, 1.54) is 0 Å². The largest absolute Gasteiger partial charge is 0.336 e. The van der Waals surface area contributed by atoms with Gasteiger partial charge < -0.3 is 4.90 Å². The number of fused-ring (bicyclic) bond motifs is 1. The molecule has 0 fully saturated rings. The maximum atomic E-state index is 13.1. The molecule has 1 unspecified atom stereocenters. The highest BCUT2D eigenvalue weighted by Crippen LogP contribution is 2.21. The van der Waals surface area contributed by atoms with Crippen LogP contribution in [0.4, 0.5) is 0 Å². The van der Waals surface area contributed by atoms with E-state index in [1.807, 2.05) is 22.6 Å². The molecule has 0 N–H and O–H groups in total. The first-order valence-corrected chi connectivity index (χ1v) is 9.06. The summed E-state index contributed by atoms with van der Waals surface area (Å²) in [5, 5.41) is 5.34. The van der Waals surface area contributed by atoms with Crippen molar-refractivity contribution in [3.63, 3.8) is 0 Å². The highest BCUT2D eigenvalue weighted by Gasteiger charge is 2.23. The SMILES string of the molecule is CCCCN(C(=O)c1cc2cnn(C(C)C)c2nc1C)C(C)CC. The Morgan fingerprint density at radius 2 is 2.00 bits per heavy atom. The van der Waals surface area contributed by atoms with E-state index < -0.39 is 0 Å². The molecule has 132 valence electrons. The number of rotatable bonds is 7. The van der Waals surface area contributed by atoms with Gasteiger partial charge in [0.05, 0.1) is 17.5 Å². The van der Waals surface area contributed by atoms with Crippen LogP contribution in [-0.4, -0.2) is 38.2 Å². The molecule has 24 heavy (non-hydrogen) atoms. The van der Waals surface area contributed by atoms with Crippen molar-refractivity contribution in [3.05, 3.63) is 23.5 Å². The van der Waals surface area contributed by atoms with E-state index in [1.54, 1.807) is 6.20 Å². The number of carbonyl (C=O) groups is 1. The molecule has 2 rings (SSSR count). The third-order valence-electron chi connectivity index (χ3n) is 4.62. The molecule has 0 aliphatic rings. The van der Waals surface area contributed by atoms with Gasteiger partial charge >= 0.3 is 0 Å². The zero-order chi connectivity index (χ0) is 17.9. The van der Waals surface area contributed by atoms with Crippen molar-refractivity contribution in [1.29, 1.82) is 0 Å². The van der Waals surface area contributed by atoms with Gasteiger partial charge in [-0.15, -0.1) is 0 Å². The Morgan fingerprint density at radius 3 is 2.58 bits per heavy atom. The van der Waals surface area contributed by atoms with Crippen LogP contribution in [0, 0.1) is 6.92 Å². The summed E-state index contributed by atoms with van der Waals surface area (Å²) in [4.78, 5) is 19.8. The summed E-state index contributed by atoms with van der Waals surface area (Å²) in [6.07, 6.45) is 4.86. The Labute approximate surface area is 145 Å². The molecule has 5 nitrogen and oxygen atoms in total. The lowest BCUT2D eigenvalue weighted by molar-refractivity contribution is 0.0684. The number of pyridine rings is 1. The van der Waals surface area contributed by atoms with Gasteiger partial charge in [0.15, 0.2) is 5.65 Å². The number of amides is 1. The fourth-order valence-electron chi connectivity index (χ4n) is 2.89. The molecule has 0 aromatic carbocycles. The first-order chi connectivity index (χ1) is 11.4. The van der Waals surface area contributed by atoms with E-state index in [9.17, 15) is 4.79 Å². The quantitative estimate of drug-likeness (QED) is 0.758. The van der Waals surface area contributed by atoms with Crippen LogP contribution in [0.1, 0.15) is 76.0 Å². The van der Waals surface area contributed by atoms with Crippen molar-refractivity contribution in [1.82, 2.24) is 19.7 Å². The van der Waals surface area contributed by atoms with Crippen molar-refractivity contribution in [2.45, 2.75) is 72.9 Å². The molecular weight excluding hydrogens is 300 g/mol. The Balaban J connectivity index is 2.42. The molecule has 2 aromatic rings. The summed E-state index contributed by atoms with van der Waals surface area (Å²) in [6, 6.07) is 2.43. The average molecular weight is 330 g/mol.